The second kappa shape index (κ2) is 3.88. The standard InChI is InChI=1S/C17H14N2O4/c20-15-13-9-5-6-10(17(9)7-8-17)14(13)16(21)18(15)11-3-1-2-4-12(11)19(22)23/h1-6,9-10,13-14H,7-8H2/t9-,10-,13-,14-/m1/s1. The average Bonchev–Trinajstić information content (AvgIpc) is 3.13. The van der Waals surface area contributed by atoms with E-state index in [1.54, 1.807) is 6.07 Å². The SMILES string of the molecule is O=C1[C@H]2[C@H](C(=O)N1c1ccccc1[N+](=O)[O-])[C@H]1C=C[C@H]2C12CC2. The van der Waals surface area contributed by atoms with E-state index in [2.05, 4.69) is 12.2 Å². The van der Waals surface area contributed by atoms with Gasteiger partial charge in [0.2, 0.25) is 11.8 Å². The van der Waals surface area contributed by atoms with E-state index in [1.165, 1.54) is 18.2 Å². The first-order valence-electron chi connectivity index (χ1n) is 7.86. The van der Waals surface area contributed by atoms with E-state index in [-0.39, 0.29) is 52.3 Å². The minimum absolute atomic E-state index is 0.103. The minimum atomic E-state index is -0.542. The second-order valence-corrected chi connectivity index (χ2v) is 6.98. The number of fused-ring (bicyclic) bond motifs is 3. The molecule has 23 heavy (non-hydrogen) atoms. The van der Waals surface area contributed by atoms with Gasteiger partial charge < -0.3 is 0 Å². The molecular weight excluding hydrogens is 296 g/mol. The molecule has 1 aliphatic heterocycles. The van der Waals surface area contributed by atoms with Crippen LogP contribution in [0.5, 0.6) is 0 Å². The van der Waals surface area contributed by atoms with Crippen molar-refractivity contribution in [1.82, 2.24) is 0 Å². The van der Waals surface area contributed by atoms with Crippen molar-refractivity contribution < 1.29 is 14.5 Å². The normalized spacial score (nSPS) is 35.2. The predicted molar refractivity (Wildman–Crippen MR) is 80.4 cm³/mol. The van der Waals surface area contributed by atoms with E-state index < -0.39 is 4.92 Å². The van der Waals surface area contributed by atoms with E-state index >= 15 is 0 Å². The number of imide groups is 1. The van der Waals surface area contributed by atoms with E-state index in [0.29, 0.717) is 0 Å². The Morgan fingerprint density at radius 3 is 2.13 bits per heavy atom. The van der Waals surface area contributed by atoms with Gasteiger partial charge in [0, 0.05) is 6.07 Å². The van der Waals surface area contributed by atoms with Gasteiger partial charge in [0.15, 0.2) is 0 Å². The summed E-state index contributed by atoms with van der Waals surface area (Å²) in [6, 6.07) is 5.97. The molecule has 6 nitrogen and oxygen atoms in total. The topological polar surface area (TPSA) is 80.5 Å². The van der Waals surface area contributed by atoms with Crippen LogP contribution in [0.3, 0.4) is 0 Å². The molecule has 2 saturated carbocycles. The molecule has 3 fully saturated rings. The summed E-state index contributed by atoms with van der Waals surface area (Å²) in [5.74, 6) is -0.946. The molecule has 2 bridgehead atoms. The molecular formula is C17H14N2O4. The number of carbonyl (C=O) groups excluding carboxylic acids is 2. The molecule has 6 heteroatoms. The zero-order valence-corrected chi connectivity index (χ0v) is 12.2. The van der Waals surface area contributed by atoms with E-state index in [1.807, 2.05) is 0 Å². The van der Waals surface area contributed by atoms with Gasteiger partial charge >= 0.3 is 0 Å². The number of para-hydroxylation sites is 2. The van der Waals surface area contributed by atoms with Crippen molar-refractivity contribution in [1.29, 1.82) is 0 Å². The quantitative estimate of drug-likeness (QED) is 0.363. The highest BCUT2D eigenvalue weighted by molar-refractivity contribution is 6.23. The lowest BCUT2D eigenvalue weighted by atomic mass is 9.85. The van der Waals surface area contributed by atoms with Crippen LogP contribution in [0.1, 0.15) is 12.8 Å². The van der Waals surface area contributed by atoms with Crippen LogP contribution in [0.25, 0.3) is 0 Å². The molecule has 0 radical (unpaired) electrons. The van der Waals surface area contributed by atoms with E-state index in [0.717, 1.165) is 17.7 Å². The maximum atomic E-state index is 12.9. The van der Waals surface area contributed by atoms with Crippen molar-refractivity contribution in [2.45, 2.75) is 12.8 Å². The summed E-state index contributed by atoms with van der Waals surface area (Å²) in [6.07, 6.45) is 6.34. The van der Waals surface area contributed by atoms with Gasteiger partial charge in [0.1, 0.15) is 5.69 Å². The maximum absolute atomic E-state index is 12.9. The van der Waals surface area contributed by atoms with Gasteiger partial charge in [0.25, 0.3) is 5.69 Å². The third kappa shape index (κ3) is 1.35. The van der Waals surface area contributed by atoms with E-state index in [9.17, 15) is 19.7 Å². The lowest BCUT2D eigenvalue weighted by Gasteiger charge is -2.21. The van der Waals surface area contributed by atoms with Gasteiger partial charge in [-0.2, -0.15) is 0 Å². The van der Waals surface area contributed by atoms with Gasteiger partial charge in [0.05, 0.1) is 16.8 Å². The number of allylic oxidation sites excluding steroid dienone is 2. The molecule has 4 atom stereocenters. The number of nitrogens with zero attached hydrogens (tertiary/aromatic N) is 2. The molecule has 4 aliphatic rings. The first-order chi connectivity index (χ1) is 11.1. The van der Waals surface area contributed by atoms with Crippen LogP contribution in [0, 0.1) is 39.2 Å². The van der Waals surface area contributed by atoms with Crippen molar-refractivity contribution >= 4 is 23.2 Å². The summed E-state index contributed by atoms with van der Waals surface area (Å²) in [6.45, 7) is 0. The number of anilines is 1. The highest BCUT2D eigenvalue weighted by Crippen LogP contribution is 2.73. The molecule has 1 saturated heterocycles. The third-order valence-electron chi connectivity index (χ3n) is 6.17. The average molecular weight is 310 g/mol. The number of amides is 2. The molecule has 1 aromatic rings. The minimum Gasteiger partial charge on any atom is -0.274 e. The Morgan fingerprint density at radius 1 is 1.04 bits per heavy atom. The van der Waals surface area contributed by atoms with E-state index in [4.69, 9.17) is 0 Å². The molecule has 0 N–H and O–H groups in total. The number of hydrogen-bond donors (Lipinski definition) is 0. The number of hydrogen-bond acceptors (Lipinski definition) is 4. The summed E-state index contributed by atoms with van der Waals surface area (Å²) in [4.78, 5) is 37.6. The van der Waals surface area contributed by atoms with Crippen LogP contribution < -0.4 is 4.90 Å². The largest absolute Gasteiger partial charge is 0.293 e. The molecule has 5 rings (SSSR count). The molecule has 1 spiro atoms. The van der Waals surface area contributed by atoms with Crippen LogP contribution in [0.4, 0.5) is 11.4 Å². The highest BCUT2D eigenvalue weighted by Gasteiger charge is 2.73. The first kappa shape index (κ1) is 13.0. The summed E-state index contributed by atoms with van der Waals surface area (Å²) in [7, 11) is 0. The van der Waals surface area contributed by atoms with Gasteiger partial charge in [-0.1, -0.05) is 24.3 Å². The van der Waals surface area contributed by atoms with Crippen LogP contribution in [-0.2, 0) is 9.59 Å². The number of benzene rings is 1. The van der Waals surface area contributed by atoms with Crippen molar-refractivity contribution in [3.63, 3.8) is 0 Å². The molecule has 2 amide bonds. The van der Waals surface area contributed by atoms with Crippen molar-refractivity contribution in [2.24, 2.45) is 29.1 Å². The van der Waals surface area contributed by atoms with Gasteiger partial charge in [-0.05, 0) is 36.2 Å². The molecule has 1 heterocycles. The Kier molecular flexibility index (Phi) is 2.19. The van der Waals surface area contributed by atoms with Gasteiger partial charge in [-0.3, -0.25) is 19.7 Å². The fourth-order valence-corrected chi connectivity index (χ4v) is 5.12. The smallest absolute Gasteiger partial charge is 0.274 e. The Balaban J connectivity index is 1.60. The molecule has 0 unspecified atom stereocenters. The zero-order valence-electron chi connectivity index (χ0n) is 12.2. The zero-order chi connectivity index (χ0) is 15.9. The fourth-order valence-electron chi connectivity index (χ4n) is 5.12. The van der Waals surface area contributed by atoms with Gasteiger partial charge in [-0.25, -0.2) is 4.90 Å². The highest BCUT2D eigenvalue weighted by atomic mass is 16.6. The van der Waals surface area contributed by atoms with Crippen molar-refractivity contribution in [2.75, 3.05) is 4.90 Å². The Hall–Kier alpha value is -2.50. The number of nitro groups is 1. The lowest BCUT2D eigenvalue weighted by Crippen LogP contribution is -2.35. The monoisotopic (exact) mass is 310 g/mol. The molecule has 1 aromatic carbocycles. The number of carbonyl (C=O) groups is 2. The molecule has 116 valence electrons. The Morgan fingerprint density at radius 2 is 1.61 bits per heavy atom. The van der Waals surface area contributed by atoms with Crippen LogP contribution in [-0.4, -0.2) is 16.7 Å². The van der Waals surface area contributed by atoms with Crippen LogP contribution in [0.2, 0.25) is 0 Å². The third-order valence-corrected chi connectivity index (χ3v) is 6.17. The number of nitro benzene ring substituents is 1. The maximum Gasteiger partial charge on any atom is 0.293 e. The summed E-state index contributed by atoms with van der Waals surface area (Å²) in [5, 5.41) is 11.2. The predicted octanol–water partition coefficient (Wildman–Crippen LogP) is 2.30. The summed E-state index contributed by atoms with van der Waals surface area (Å²) in [5.41, 5.74) is 0.0387. The fraction of sp³-hybridized carbons (Fsp3) is 0.412. The number of rotatable bonds is 2. The van der Waals surface area contributed by atoms with Crippen LogP contribution in [0.15, 0.2) is 36.4 Å². The Bertz CT molecular complexity index is 777. The molecule has 0 aromatic heterocycles. The van der Waals surface area contributed by atoms with Crippen molar-refractivity contribution in [3.05, 3.63) is 46.5 Å². The molecule has 3 aliphatic carbocycles. The summed E-state index contributed by atoms with van der Waals surface area (Å²) >= 11 is 0. The second-order valence-electron chi connectivity index (χ2n) is 6.98. The Labute approximate surface area is 131 Å². The van der Waals surface area contributed by atoms with Crippen molar-refractivity contribution in [3.8, 4) is 0 Å². The van der Waals surface area contributed by atoms with Gasteiger partial charge in [-0.15, -0.1) is 0 Å². The summed E-state index contributed by atoms with van der Waals surface area (Å²) < 4.78 is 0. The lowest BCUT2D eigenvalue weighted by molar-refractivity contribution is -0.384. The first-order valence-corrected chi connectivity index (χ1v) is 7.86. The van der Waals surface area contributed by atoms with Crippen LogP contribution >= 0.6 is 0 Å².